The summed E-state index contributed by atoms with van der Waals surface area (Å²) in [4.78, 5) is 11.5. The molecule has 1 N–H and O–H groups in total. The molecular formula is C12H14N2O2. The first-order valence-corrected chi connectivity index (χ1v) is 4.93. The number of nitrogens with one attached hydrogen (secondary N) is 1. The predicted molar refractivity (Wildman–Crippen MR) is 61.1 cm³/mol. The van der Waals surface area contributed by atoms with E-state index in [1.54, 1.807) is 19.1 Å². The van der Waals surface area contributed by atoms with Crippen molar-refractivity contribution in [3.63, 3.8) is 0 Å². The van der Waals surface area contributed by atoms with E-state index in [0.29, 0.717) is 11.4 Å². The molecule has 0 spiro atoms. The number of anilines is 1. The third kappa shape index (κ3) is 2.74. The summed E-state index contributed by atoms with van der Waals surface area (Å²) in [6, 6.07) is 7.36. The average Bonchev–Trinajstić information content (AvgIpc) is 2.28. The third-order valence-electron chi connectivity index (χ3n) is 2.20. The highest BCUT2D eigenvalue weighted by molar-refractivity contribution is 5.95. The molecule has 0 aliphatic carbocycles. The van der Waals surface area contributed by atoms with Crippen LogP contribution in [-0.4, -0.2) is 13.0 Å². The van der Waals surface area contributed by atoms with Gasteiger partial charge in [0.15, 0.2) is 0 Å². The Hall–Kier alpha value is -2.02. The van der Waals surface area contributed by atoms with Crippen LogP contribution in [0.15, 0.2) is 18.2 Å². The van der Waals surface area contributed by atoms with E-state index in [-0.39, 0.29) is 5.91 Å². The van der Waals surface area contributed by atoms with Crippen molar-refractivity contribution in [1.29, 1.82) is 5.26 Å². The van der Waals surface area contributed by atoms with Crippen molar-refractivity contribution < 1.29 is 9.53 Å². The quantitative estimate of drug-likeness (QED) is 0.845. The number of carbonyl (C=O) groups is 1. The molecule has 1 unspecified atom stereocenters. The van der Waals surface area contributed by atoms with Crippen LogP contribution >= 0.6 is 0 Å². The first-order valence-electron chi connectivity index (χ1n) is 4.93. The summed E-state index contributed by atoms with van der Waals surface area (Å²) in [6.45, 7) is 3.47. The van der Waals surface area contributed by atoms with Gasteiger partial charge >= 0.3 is 0 Å². The fourth-order valence-electron chi connectivity index (χ4n) is 1.22. The van der Waals surface area contributed by atoms with Crippen LogP contribution < -0.4 is 10.1 Å². The Bertz CT molecular complexity index is 435. The molecule has 0 radical (unpaired) electrons. The van der Waals surface area contributed by atoms with Gasteiger partial charge in [0.2, 0.25) is 5.91 Å². The summed E-state index contributed by atoms with van der Waals surface area (Å²) in [6.07, 6.45) is 0. The van der Waals surface area contributed by atoms with Gasteiger partial charge in [-0.15, -0.1) is 0 Å². The molecule has 0 aromatic heterocycles. The van der Waals surface area contributed by atoms with Gasteiger partial charge in [0.25, 0.3) is 0 Å². The molecule has 1 rings (SSSR count). The SMILES string of the molecule is COc1ccc(C)cc1NC(=O)C(C)C#N. The van der Waals surface area contributed by atoms with Gasteiger partial charge in [0, 0.05) is 0 Å². The van der Waals surface area contributed by atoms with Gasteiger partial charge in [-0.3, -0.25) is 4.79 Å². The zero-order valence-electron chi connectivity index (χ0n) is 9.57. The Morgan fingerprint density at radius 1 is 1.56 bits per heavy atom. The lowest BCUT2D eigenvalue weighted by atomic mass is 10.1. The zero-order chi connectivity index (χ0) is 12.1. The Morgan fingerprint density at radius 2 is 2.25 bits per heavy atom. The molecule has 0 saturated heterocycles. The second-order valence-electron chi connectivity index (χ2n) is 3.54. The first-order chi connectivity index (χ1) is 7.58. The number of rotatable bonds is 3. The molecule has 4 heteroatoms. The van der Waals surface area contributed by atoms with Crippen molar-refractivity contribution in [2.75, 3.05) is 12.4 Å². The number of ether oxygens (including phenoxy) is 1. The standard InChI is InChI=1S/C12H14N2O2/c1-8-4-5-11(16-3)10(6-8)14-12(15)9(2)7-13/h4-6,9H,1-3H3,(H,14,15). The summed E-state index contributed by atoms with van der Waals surface area (Å²) in [5.41, 5.74) is 1.61. The van der Waals surface area contributed by atoms with E-state index in [2.05, 4.69) is 5.32 Å². The minimum Gasteiger partial charge on any atom is -0.495 e. The largest absolute Gasteiger partial charge is 0.495 e. The van der Waals surface area contributed by atoms with Crippen LogP contribution in [0.4, 0.5) is 5.69 Å². The number of hydrogen-bond donors (Lipinski definition) is 1. The van der Waals surface area contributed by atoms with Crippen molar-refractivity contribution in [2.45, 2.75) is 13.8 Å². The van der Waals surface area contributed by atoms with E-state index >= 15 is 0 Å². The van der Waals surface area contributed by atoms with Crippen LogP contribution in [-0.2, 0) is 4.79 Å². The number of aryl methyl sites for hydroxylation is 1. The van der Waals surface area contributed by atoms with Crippen molar-refractivity contribution in [2.24, 2.45) is 5.92 Å². The van der Waals surface area contributed by atoms with Gasteiger partial charge in [-0.05, 0) is 31.5 Å². The Kier molecular flexibility index (Phi) is 3.90. The Morgan fingerprint density at radius 3 is 2.81 bits per heavy atom. The topological polar surface area (TPSA) is 62.1 Å². The van der Waals surface area contributed by atoms with E-state index in [9.17, 15) is 4.79 Å². The van der Waals surface area contributed by atoms with Gasteiger partial charge in [-0.2, -0.15) is 5.26 Å². The molecule has 1 aromatic rings. The molecule has 84 valence electrons. The Labute approximate surface area is 94.8 Å². The zero-order valence-corrected chi connectivity index (χ0v) is 9.57. The summed E-state index contributed by atoms with van der Waals surface area (Å²) in [7, 11) is 1.54. The van der Waals surface area contributed by atoms with Gasteiger partial charge in [-0.1, -0.05) is 6.07 Å². The van der Waals surface area contributed by atoms with Crippen LogP contribution in [0.25, 0.3) is 0 Å². The van der Waals surface area contributed by atoms with Crippen molar-refractivity contribution in [3.8, 4) is 11.8 Å². The highest BCUT2D eigenvalue weighted by atomic mass is 16.5. The first kappa shape index (κ1) is 12.1. The smallest absolute Gasteiger partial charge is 0.241 e. The molecule has 1 aromatic carbocycles. The van der Waals surface area contributed by atoms with E-state index in [4.69, 9.17) is 10.00 Å². The maximum Gasteiger partial charge on any atom is 0.241 e. The lowest BCUT2D eigenvalue weighted by Crippen LogP contribution is -2.19. The molecule has 16 heavy (non-hydrogen) atoms. The van der Waals surface area contributed by atoms with Crippen LogP contribution in [0.1, 0.15) is 12.5 Å². The van der Waals surface area contributed by atoms with Gasteiger partial charge in [0.05, 0.1) is 18.9 Å². The molecule has 0 saturated carbocycles. The molecule has 4 nitrogen and oxygen atoms in total. The van der Waals surface area contributed by atoms with Crippen LogP contribution in [0.3, 0.4) is 0 Å². The summed E-state index contributed by atoms with van der Waals surface area (Å²) in [5.74, 6) is -0.416. The van der Waals surface area contributed by atoms with Crippen molar-refractivity contribution in [3.05, 3.63) is 23.8 Å². The highest BCUT2D eigenvalue weighted by Gasteiger charge is 2.13. The number of benzene rings is 1. The molecule has 1 amide bonds. The molecular weight excluding hydrogens is 204 g/mol. The monoisotopic (exact) mass is 218 g/mol. The number of carbonyl (C=O) groups excluding carboxylic acids is 1. The summed E-state index contributed by atoms with van der Waals surface area (Å²) < 4.78 is 5.12. The average molecular weight is 218 g/mol. The molecule has 0 fully saturated rings. The van der Waals surface area contributed by atoms with E-state index in [1.165, 1.54) is 7.11 Å². The number of nitriles is 1. The van der Waals surface area contributed by atoms with Crippen LogP contribution in [0.2, 0.25) is 0 Å². The minimum atomic E-state index is -0.676. The highest BCUT2D eigenvalue weighted by Crippen LogP contribution is 2.25. The molecule has 0 heterocycles. The normalized spacial score (nSPS) is 11.4. The third-order valence-corrected chi connectivity index (χ3v) is 2.20. The van der Waals surface area contributed by atoms with Crippen LogP contribution in [0.5, 0.6) is 5.75 Å². The van der Waals surface area contributed by atoms with Crippen LogP contribution in [0, 0.1) is 24.2 Å². The lowest BCUT2D eigenvalue weighted by molar-refractivity contribution is -0.117. The maximum absolute atomic E-state index is 11.5. The number of methoxy groups -OCH3 is 1. The maximum atomic E-state index is 11.5. The fourth-order valence-corrected chi connectivity index (χ4v) is 1.22. The molecule has 0 aliphatic rings. The van der Waals surface area contributed by atoms with Crippen molar-refractivity contribution >= 4 is 11.6 Å². The minimum absolute atomic E-state index is 0.327. The molecule has 0 bridgehead atoms. The van der Waals surface area contributed by atoms with E-state index in [1.807, 2.05) is 19.1 Å². The number of nitrogens with zero attached hydrogens (tertiary/aromatic N) is 1. The molecule has 1 atom stereocenters. The van der Waals surface area contributed by atoms with Crippen molar-refractivity contribution in [1.82, 2.24) is 0 Å². The van der Waals surface area contributed by atoms with E-state index in [0.717, 1.165) is 5.56 Å². The molecule has 0 aliphatic heterocycles. The van der Waals surface area contributed by atoms with Gasteiger partial charge in [0.1, 0.15) is 11.7 Å². The predicted octanol–water partition coefficient (Wildman–Crippen LogP) is 2.10. The number of amides is 1. The fraction of sp³-hybridized carbons (Fsp3) is 0.333. The van der Waals surface area contributed by atoms with E-state index < -0.39 is 5.92 Å². The summed E-state index contributed by atoms with van der Waals surface area (Å²) >= 11 is 0. The summed E-state index contributed by atoms with van der Waals surface area (Å²) in [5, 5.41) is 11.3. The van der Waals surface area contributed by atoms with Gasteiger partial charge < -0.3 is 10.1 Å². The lowest BCUT2D eigenvalue weighted by Gasteiger charge is -2.11. The Balaban J connectivity index is 2.92. The second kappa shape index (κ2) is 5.17. The second-order valence-corrected chi connectivity index (χ2v) is 3.54. The number of hydrogen-bond acceptors (Lipinski definition) is 3. The van der Waals surface area contributed by atoms with Gasteiger partial charge in [-0.25, -0.2) is 0 Å².